The maximum Gasteiger partial charge on any atom is 0.191 e. The Morgan fingerprint density at radius 1 is 1.33 bits per heavy atom. The molecule has 0 radical (unpaired) electrons. The van der Waals surface area contributed by atoms with Gasteiger partial charge in [-0.25, -0.2) is 0 Å². The van der Waals surface area contributed by atoms with Gasteiger partial charge in [0.15, 0.2) is 5.96 Å². The fourth-order valence-corrected chi connectivity index (χ4v) is 3.19. The van der Waals surface area contributed by atoms with Crippen LogP contribution in [0.4, 0.5) is 0 Å². The lowest BCUT2D eigenvalue weighted by Gasteiger charge is -2.28. The predicted octanol–water partition coefficient (Wildman–Crippen LogP) is 1.87. The lowest BCUT2D eigenvalue weighted by atomic mass is 10.2. The Kier molecular flexibility index (Phi) is 6.39. The molecule has 1 heterocycles. The quantitative estimate of drug-likeness (QED) is 0.666. The minimum atomic E-state index is 0.378. The van der Waals surface area contributed by atoms with Crippen LogP contribution in [-0.2, 0) is 6.54 Å². The van der Waals surface area contributed by atoms with Crippen LogP contribution in [0.5, 0.6) is 0 Å². The Balaban J connectivity index is 1.81. The van der Waals surface area contributed by atoms with E-state index in [1.807, 2.05) is 11.8 Å². The number of guanidine groups is 1. The minimum absolute atomic E-state index is 0.378. The van der Waals surface area contributed by atoms with Gasteiger partial charge in [-0.1, -0.05) is 30.3 Å². The van der Waals surface area contributed by atoms with Crippen molar-refractivity contribution in [2.75, 3.05) is 38.2 Å². The SMILES string of the molecule is CC(CN=C(N)N1CCSCC1)N(C)Cc1ccccc1. The van der Waals surface area contributed by atoms with E-state index in [-0.39, 0.29) is 0 Å². The topological polar surface area (TPSA) is 44.9 Å². The number of nitrogens with two attached hydrogens (primary N) is 1. The molecule has 0 bridgehead atoms. The van der Waals surface area contributed by atoms with E-state index in [2.05, 4.69) is 59.1 Å². The zero-order valence-corrected chi connectivity index (χ0v) is 13.9. The van der Waals surface area contributed by atoms with Gasteiger partial charge in [0.05, 0.1) is 6.54 Å². The Morgan fingerprint density at radius 3 is 2.67 bits per heavy atom. The average molecular weight is 306 g/mol. The number of benzene rings is 1. The molecule has 0 aliphatic carbocycles. The molecule has 4 nitrogen and oxygen atoms in total. The number of nitrogens with zero attached hydrogens (tertiary/aromatic N) is 3. The van der Waals surface area contributed by atoms with Crippen LogP contribution >= 0.6 is 11.8 Å². The highest BCUT2D eigenvalue weighted by Gasteiger charge is 2.13. The van der Waals surface area contributed by atoms with Gasteiger partial charge in [-0.15, -0.1) is 0 Å². The molecule has 1 unspecified atom stereocenters. The van der Waals surface area contributed by atoms with Gasteiger partial charge in [0, 0.05) is 37.2 Å². The third kappa shape index (κ3) is 5.25. The second-order valence-electron chi connectivity index (χ2n) is 5.55. The highest BCUT2D eigenvalue weighted by Crippen LogP contribution is 2.09. The molecule has 0 aromatic heterocycles. The molecule has 5 heteroatoms. The summed E-state index contributed by atoms with van der Waals surface area (Å²) in [6, 6.07) is 10.9. The summed E-state index contributed by atoms with van der Waals surface area (Å²) < 4.78 is 0. The Morgan fingerprint density at radius 2 is 2.00 bits per heavy atom. The second kappa shape index (κ2) is 8.29. The van der Waals surface area contributed by atoms with Crippen molar-refractivity contribution in [1.82, 2.24) is 9.80 Å². The Labute approximate surface area is 132 Å². The maximum atomic E-state index is 6.10. The predicted molar refractivity (Wildman–Crippen MR) is 92.8 cm³/mol. The van der Waals surface area contributed by atoms with Crippen LogP contribution in [0.25, 0.3) is 0 Å². The molecule has 1 atom stereocenters. The summed E-state index contributed by atoms with van der Waals surface area (Å²) in [5.74, 6) is 3.01. The normalized spacial score (nSPS) is 18.0. The summed E-state index contributed by atoms with van der Waals surface area (Å²) in [6.07, 6.45) is 0. The molecule has 1 fully saturated rings. The van der Waals surface area contributed by atoms with E-state index in [1.54, 1.807) is 0 Å². The van der Waals surface area contributed by atoms with Crippen LogP contribution < -0.4 is 5.73 Å². The van der Waals surface area contributed by atoms with Crippen LogP contribution in [-0.4, -0.2) is 60.0 Å². The number of rotatable bonds is 5. The first-order valence-electron chi connectivity index (χ1n) is 7.53. The first kappa shape index (κ1) is 16.2. The molecule has 1 aliphatic rings. The van der Waals surface area contributed by atoms with E-state index in [9.17, 15) is 0 Å². The van der Waals surface area contributed by atoms with Crippen molar-refractivity contribution in [2.24, 2.45) is 10.7 Å². The van der Waals surface area contributed by atoms with Gasteiger partial charge in [-0.3, -0.25) is 9.89 Å². The van der Waals surface area contributed by atoms with Gasteiger partial charge in [-0.05, 0) is 19.5 Å². The van der Waals surface area contributed by atoms with Gasteiger partial charge in [-0.2, -0.15) is 11.8 Å². The molecule has 1 aliphatic heterocycles. The van der Waals surface area contributed by atoms with Gasteiger partial charge in [0.25, 0.3) is 0 Å². The van der Waals surface area contributed by atoms with E-state index in [0.29, 0.717) is 12.0 Å². The zero-order valence-electron chi connectivity index (χ0n) is 13.0. The van der Waals surface area contributed by atoms with Crippen molar-refractivity contribution in [1.29, 1.82) is 0 Å². The van der Waals surface area contributed by atoms with E-state index in [1.165, 1.54) is 5.56 Å². The summed E-state index contributed by atoms with van der Waals surface area (Å²) in [5.41, 5.74) is 7.43. The molecule has 116 valence electrons. The van der Waals surface area contributed by atoms with Gasteiger partial charge >= 0.3 is 0 Å². The number of aliphatic imine (C=N–C) groups is 1. The summed E-state index contributed by atoms with van der Waals surface area (Å²) in [6.45, 7) is 5.94. The monoisotopic (exact) mass is 306 g/mol. The molecule has 2 N–H and O–H groups in total. The van der Waals surface area contributed by atoms with Crippen LogP contribution in [0.15, 0.2) is 35.3 Å². The molecule has 0 amide bonds. The number of hydrogen-bond acceptors (Lipinski definition) is 3. The third-order valence-electron chi connectivity index (χ3n) is 3.88. The van der Waals surface area contributed by atoms with Crippen molar-refractivity contribution < 1.29 is 0 Å². The van der Waals surface area contributed by atoms with E-state index in [0.717, 1.165) is 37.7 Å². The van der Waals surface area contributed by atoms with E-state index < -0.39 is 0 Å². The lowest BCUT2D eigenvalue weighted by Crippen LogP contribution is -2.43. The zero-order chi connectivity index (χ0) is 15.1. The Hall–Kier alpha value is -1.20. The minimum Gasteiger partial charge on any atom is -0.370 e. The molecule has 1 aromatic rings. The van der Waals surface area contributed by atoms with Crippen LogP contribution in [0.3, 0.4) is 0 Å². The molecule has 1 saturated heterocycles. The molecular formula is C16H26N4S. The Bertz CT molecular complexity index is 443. The third-order valence-corrected chi connectivity index (χ3v) is 4.82. The fraction of sp³-hybridized carbons (Fsp3) is 0.562. The first-order chi connectivity index (χ1) is 10.2. The standard InChI is InChI=1S/C16H26N4S/c1-14(19(2)13-15-6-4-3-5-7-15)12-18-16(17)20-8-10-21-11-9-20/h3-7,14H,8-13H2,1-2H3,(H2,17,18). The first-order valence-corrected chi connectivity index (χ1v) is 8.69. The van der Waals surface area contributed by atoms with E-state index in [4.69, 9.17) is 5.73 Å². The van der Waals surface area contributed by atoms with Gasteiger partial charge < -0.3 is 10.6 Å². The van der Waals surface area contributed by atoms with Crippen molar-refractivity contribution in [2.45, 2.75) is 19.5 Å². The summed E-state index contributed by atoms with van der Waals surface area (Å²) in [4.78, 5) is 9.09. The highest BCUT2D eigenvalue weighted by atomic mass is 32.2. The van der Waals surface area contributed by atoms with Crippen LogP contribution in [0.2, 0.25) is 0 Å². The van der Waals surface area contributed by atoms with E-state index >= 15 is 0 Å². The molecule has 0 saturated carbocycles. The smallest absolute Gasteiger partial charge is 0.191 e. The molecule has 2 rings (SSSR count). The van der Waals surface area contributed by atoms with Gasteiger partial charge in [0.1, 0.15) is 0 Å². The number of likely N-dealkylation sites (N-methyl/N-ethyl adjacent to an activating group) is 1. The molecular weight excluding hydrogens is 280 g/mol. The summed E-state index contributed by atoms with van der Waals surface area (Å²) in [7, 11) is 2.14. The van der Waals surface area contributed by atoms with Gasteiger partial charge in [0.2, 0.25) is 0 Å². The molecule has 0 spiro atoms. The van der Waals surface area contributed by atoms with Crippen molar-refractivity contribution in [3.63, 3.8) is 0 Å². The second-order valence-corrected chi connectivity index (χ2v) is 6.77. The maximum absolute atomic E-state index is 6.10. The molecule has 21 heavy (non-hydrogen) atoms. The highest BCUT2D eigenvalue weighted by molar-refractivity contribution is 7.99. The van der Waals surface area contributed by atoms with Crippen molar-refractivity contribution in [3.8, 4) is 0 Å². The number of thioether (sulfide) groups is 1. The molecule has 1 aromatic carbocycles. The number of hydrogen-bond donors (Lipinski definition) is 1. The van der Waals surface area contributed by atoms with Crippen molar-refractivity contribution in [3.05, 3.63) is 35.9 Å². The van der Waals surface area contributed by atoms with Crippen LogP contribution in [0, 0.1) is 0 Å². The van der Waals surface area contributed by atoms with Crippen LogP contribution in [0.1, 0.15) is 12.5 Å². The lowest BCUT2D eigenvalue weighted by molar-refractivity contribution is 0.254. The largest absolute Gasteiger partial charge is 0.370 e. The fourth-order valence-electron chi connectivity index (χ4n) is 2.28. The van der Waals surface area contributed by atoms with Crippen molar-refractivity contribution >= 4 is 17.7 Å². The summed E-state index contributed by atoms with van der Waals surface area (Å²) >= 11 is 1.99. The summed E-state index contributed by atoms with van der Waals surface area (Å²) in [5, 5.41) is 0. The average Bonchev–Trinajstić information content (AvgIpc) is 2.54.